The van der Waals surface area contributed by atoms with E-state index in [1.54, 1.807) is 0 Å². The fraction of sp³-hybridized carbons (Fsp3) is 0.190. The highest BCUT2D eigenvalue weighted by molar-refractivity contribution is 5.90. The molecule has 0 unspecified atom stereocenters. The molecule has 0 atom stereocenters. The van der Waals surface area contributed by atoms with Crippen LogP contribution >= 0.6 is 0 Å². The minimum absolute atomic E-state index is 0.00560. The fourth-order valence-corrected chi connectivity index (χ4v) is 2.49. The monoisotopic (exact) mass is 361 g/mol. The van der Waals surface area contributed by atoms with Crippen LogP contribution in [0, 0.1) is 13.8 Å². The molecule has 2 aromatic carbocycles. The van der Waals surface area contributed by atoms with Crippen LogP contribution in [0.3, 0.4) is 0 Å². The number of anilines is 5. The van der Waals surface area contributed by atoms with Gasteiger partial charge in [-0.25, -0.2) is 4.98 Å². The van der Waals surface area contributed by atoms with Gasteiger partial charge in [-0.1, -0.05) is 24.6 Å². The highest BCUT2D eigenvalue weighted by Gasteiger charge is 2.05. The maximum absolute atomic E-state index is 11.5. The first-order valence-corrected chi connectivity index (χ1v) is 8.88. The molecule has 0 fully saturated rings. The lowest BCUT2D eigenvalue weighted by atomic mass is 10.2. The molecule has 0 saturated carbocycles. The quantitative estimate of drug-likeness (QED) is 0.580. The summed E-state index contributed by atoms with van der Waals surface area (Å²) in [5, 5.41) is 9.33. The second-order valence-corrected chi connectivity index (χ2v) is 6.31. The normalized spacial score (nSPS) is 10.3. The standard InChI is InChI=1S/C21H23N5O/c1-4-20(27)24-17-11-9-16(10-12-17)23-19-13-15(3)22-21(26-19)25-18-7-5-14(2)6-8-18/h5-13H,4H2,1-3H3,(H,24,27)(H2,22,23,25,26). The van der Waals surface area contributed by atoms with Crippen LogP contribution in [-0.4, -0.2) is 15.9 Å². The van der Waals surface area contributed by atoms with Gasteiger partial charge in [0.15, 0.2) is 0 Å². The van der Waals surface area contributed by atoms with Crippen LogP contribution in [0.2, 0.25) is 0 Å². The Bertz CT molecular complexity index is 920. The van der Waals surface area contributed by atoms with Crippen LogP contribution in [0.4, 0.5) is 28.8 Å². The van der Waals surface area contributed by atoms with Crippen molar-refractivity contribution in [2.45, 2.75) is 27.2 Å². The second-order valence-electron chi connectivity index (χ2n) is 6.31. The molecule has 1 amide bonds. The van der Waals surface area contributed by atoms with Gasteiger partial charge in [-0.3, -0.25) is 4.79 Å². The molecule has 3 rings (SSSR count). The predicted molar refractivity (Wildman–Crippen MR) is 110 cm³/mol. The summed E-state index contributed by atoms with van der Waals surface area (Å²) in [6, 6.07) is 17.5. The summed E-state index contributed by atoms with van der Waals surface area (Å²) >= 11 is 0. The van der Waals surface area contributed by atoms with Crippen molar-refractivity contribution in [1.29, 1.82) is 0 Å². The maximum atomic E-state index is 11.5. The summed E-state index contributed by atoms with van der Waals surface area (Å²) in [6.45, 7) is 5.80. The van der Waals surface area contributed by atoms with E-state index >= 15 is 0 Å². The summed E-state index contributed by atoms with van der Waals surface area (Å²) in [5.74, 6) is 1.23. The van der Waals surface area contributed by atoms with Gasteiger partial charge in [0.2, 0.25) is 11.9 Å². The molecule has 1 heterocycles. The van der Waals surface area contributed by atoms with E-state index in [-0.39, 0.29) is 5.91 Å². The Labute approximate surface area is 159 Å². The number of nitrogens with one attached hydrogen (secondary N) is 3. The lowest BCUT2D eigenvalue weighted by molar-refractivity contribution is -0.115. The average Bonchev–Trinajstić information content (AvgIpc) is 2.65. The molecule has 138 valence electrons. The number of aryl methyl sites for hydroxylation is 2. The largest absolute Gasteiger partial charge is 0.340 e. The van der Waals surface area contributed by atoms with Crippen LogP contribution in [0.25, 0.3) is 0 Å². The maximum Gasteiger partial charge on any atom is 0.229 e. The zero-order valence-electron chi connectivity index (χ0n) is 15.7. The number of benzene rings is 2. The molecule has 3 N–H and O–H groups in total. The highest BCUT2D eigenvalue weighted by atomic mass is 16.1. The Morgan fingerprint density at radius 3 is 2.11 bits per heavy atom. The Morgan fingerprint density at radius 1 is 0.852 bits per heavy atom. The van der Waals surface area contributed by atoms with Crippen molar-refractivity contribution in [2.24, 2.45) is 0 Å². The molecular formula is C21H23N5O. The SMILES string of the molecule is CCC(=O)Nc1ccc(Nc2cc(C)nc(Nc3ccc(C)cc3)n2)cc1. The molecule has 1 aromatic heterocycles. The predicted octanol–water partition coefficient (Wildman–Crippen LogP) is 4.93. The van der Waals surface area contributed by atoms with E-state index in [1.165, 1.54) is 5.56 Å². The van der Waals surface area contributed by atoms with Crippen LogP contribution < -0.4 is 16.0 Å². The molecule has 0 bridgehead atoms. The Morgan fingerprint density at radius 2 is 1.44 bits per heavy atom. The molecule has 6 heteroatoms. The number of hydrogen-bond donors (Lipinski definition) is 3. The van der Waals surface area contributed by atoms with E-state index in [2.05, 4.69) is 25.9 Å². The first kappa shape index (κ1) is 18.4. The van der Waals surface area contributed by atoms with Crippen LogP contribution in [0.1, 0.15) is 24.6 Å². The molecule has 0 aliphatic carbocycles. The fourth-order valence-electron chi connectivity index (χ4n) is 2.49. The molecule has 0 spiro atoms. The van der Waals surface area contributed by atoms with E-state index in [9.17, 15) is 4.79 Å². The molecule has 3 aromatic rings. The number of rotatable bonds is 6. The van der Waals surface area contributed by atoms with Crippen LogP contribution in [-0.2, 0) is 4.79 Å². The molecule has 0 aliphatic rings. The lowest BCUT2D eigenvalue weighted by Gasteiger charge is -2.11. The highest BCUT2D eigenvalue weighted by Crippen LogP contribution is 2.21. The Hall–Kier alpha value is -3.41. The first-order valence-electron chi connectivity index (χ1n) is 8.88. The second kappa shape index (κ2) is 8.31. The van der Waals surface area contributed by atoms with E-state index in [0.717, 1.165) is 22.8 Å². The topological polar surface area (TPSA) is 78.9 Å². The van der Waals surface area contributed by atoms with Crippen molar-refractivity contribution in [2.75, 3.05) is 16.0 Å². The zero-order valence-corrected chi connectivity index (χ0v) is 15.7. The van der Waals surface area contributed by atoms with Gasteiger partial charge in [-0.05, 0) is 50.2 Å². The zero-order chi connectivity index (χ0) is 19.2. The third kappa shape index (κ3) is 5.28. The average molecular weight is 361 g/mol. The van der Waals surface area contributed by atoms with Gasteiger partial charge < -0.3 is 16.0 Å². The summed E-state index contributed by atoms with van der Waals surface area (Å²) < 4.78 is 0. The summed E-state index contributed by atoms with van der Waals surface area (Å²) in [6.07, 6.45) is 0.455. The number of amides is 1. The van der Waals surface area contributed by atoms with Crippen molar-refractivity contribution in [3.05, 3.63) is 65.9 Å². The van der Waals surface area contributed by atoms with Crippen molar-refractivity contribution >= 4 is 34.7 Å². The van der Waals surface area contributed by atoms with Crippen molar-refractivity contribution in [1.82, 2.24) is 9.97 Å². The van der Waals surface area contributed by atoms with Crippen molar-refractivity contribution < 1.29 is 4.79 Å². The van der Waals surface area contributed by atoms with E-state index in [1.807, 2.05) is 75.4 Å². The van der Waals surface area contributed by atoms with Gasteiger partial charge in [0.05, 0.1) is 0 Å². The van der Waals surface area contributed by atoms with Crippen LogP contribution in [0.5, 0.6) is 0 Å². The van der Waals surface area contributed by atoms with Crippen molar-refractivity contribution in [3.63, 3.8) is 0 Å². The third-order valence-electron chi connectivity index (χ3n) is 3.92. The van der Waals surface area contributed by atoms with E-state index in [0.29, 0.717) is 18.2 Å². The minimum Gasteiger partial charge on any atom is -0.340 e. The molecular weight excluding hydrogens is 338 g/mol. The number of aromatic nitrogens is 2. The molecule has 27 heavy (non-hydrogen) atoms. The van der Waals surface area contributed by atoms with Crippen LogP contribution in [0.15, 0.2) is 54.6 Å². The van der Waals surface area contributed by atoms with E-state index in [4.69, 9.17) is 0 Å². The lowest BCUT2D eigenvalue weighted by Crippen LogP contribution is -2.09. The van der Waals surface area contributed by atoms with Gasteiger partial charge in [0.1, 0.15) is 5.82 Å². The van der Waals surface area contributed by atoms with E-state index < -0.39 is 0 Å². The van der Waals surface area contributed by atoms with Crippen molar-refractivity contribution in [3.8, 4) is 0 Å². The number of hydrogen-bond acceptors (Lipinski definition) is 5. The van der Waals surface area contributed by atoms with Gasteiger partial charge in [-0.15, -0.1) is 0 Å². The number of carbonyl (C=O) groups excluding carboxylic acids is 1. The molecule has 6 nitrogen and oxygen atoms in total. The van der Waals surface area contributed by atoms with Gasteiger partial charge in [0, 0.05) is 35.2 Å². The summed E-state index contributed by atoms with van der Waals surface area (Å²) in [7, 11) is 0. The molecule has 0 radical (unpaired) electrons. The van der Waals surface area contributed by atoms with Gasteiger partial charge in [-0.2, -0.15) is 4.98 Å². The third-order valence-corrected chi connectivity index (χ3v) is 3.92. The smallest absolute Gasteiger partial charge is 0.229 e. The Balaban J connectivity index is 1.72. The summed E-state index contributed by atoms with van der Waals surface area (Å²) in [4.78, 5) is 20.4. The number of nitrogens with zero attached hydrogens (tertiary/aromatic N) is 2. The van der Waals surface area contributed by atoms with Gasteiger partial charge >= 0.3 is 0 Å². The molecule has 0 aliphatic heterocycles. The Kier molecular flexibility index (Phi) is 5.66. The summed E-state index contributed by atoms with van der Waals surface area (Å²) in [5.41, 5.74) is 4.64. The molecule has 0 saturated heterocycles. The van der Waals surface area contributed by atoms with Gasteiger partial charge in [0.25, 0.3) is 0 Å². The first-order chi connectivity index (χ1) is 13.0. The minimum atomic E-state index is -0.00560. The number of carbonyl (C=O) groups is 1.